The van der Waals surface area contributed by atoms with Gasteiger partial charge in [-0.05, 0) is 26.7 Å². The Balaban J connectivity index is 2.18. The van der Waals surface area contributed by atoms with Crippen LogP contribution in [0.1, 0.15) is 55.1 Å². The fourth-order valence-electron chi connectivity index (χ4n) is 2.88. The summed E-state index contributed by atoms with van der Waals surface area (Å²) in [6.07, 6.45) is 6.02. The molecule has 1 heterocycles. The number of methoxy groups -OCH3 is 1. The molecule has 0 aliphatic heterocycles. The SMILES string of the molecule is COC(=O)C(NC1CCCCC1)c1c(C)n[nH]c1C. The molecule has 19 heavy (non-hydrogen) atoms. The van der Waals surface area contributed by atoms with Gasteiger partial charge in [0.15, 0.2) is 0 Å². The number of aromatic amines is 1. The van der Waals surface area contributed by atoms with E-state index in [0.29, 0.717) is 6.04 Å². The second-order valence-corrected chi connectivity index (χ2v) is 5.31. The van der Waals surface area contributed by atoms with E-state index in [-0.39, 0.29) is 5.97 Å². The first-order valence-electron chi connectivity index (χ1n) is 6.98. The van der Waals surface area contributed by atoms with E-state index in [2.05, 4.69) is 15.5 Å². The fourth-order valence-corrected chi connectivity index (χ4v) is 2.88. The maximum atomic E-state index is 12.1. The zero-order chi connectivity index (χ0) is 13.8. The van der Waals surface area contributed by atoms with Crippen LogP contribution < -0.4 is 5.32 Å². The van der Waals surface area contributed by atoms with Gasteiger partial charge in [-0.2, -0.15) is 5.10 Å². The highest BCUT2D eigenvalue weighted by Crippen LogP contribution is 2.25. The van der Waals surface area contributed by atoms with Crippen molar-refractivity contribution in [3.63, 3.8) is 0 Å². The van der Waals surface area contributed by atoms with E-state index in [9.17, 15) is 4.79 Å². The second-order valence-electron chi connectivity index (χ2n) is 5.31. The first-order chi connectivity index (χ1) is 9.13. The van der Waals surface area contributed by atoms with Crippen LogP contribution in [0.2, 0.25) is 0 Å². The molecule has 1 atom stereocenters. The Hall–Kier alpha value is -1.36. The summed E-state index contributed by atoms with van der Waals surface area (Å²) in [7, 11) is 1.43. The van der Waals surface area contributed by atoms with E-state index in [4.69, 9.17) is 4.74 Å². The molecule has 0 saturated heterocycles. The number of hydrogen-bond donors (Lipinski definition) is 2. The number of H-pyrrole nitrogens is 1. The van der Waals surface area contributed by atoms with Gasteiger partial charge >= 0.3 is 5.97 Å². The molecule has 0 radical (unpaired) electrons. The molecule has 0 bridgehead atoms. The highest BCUT2D eigenvalue weighted by Gasteiger charge is 2.29. The molecule has 1 aliphatic carbocycles. The topological polar surface area (TPSA) is 67.0 Å². The lowest BCUT2D eigenvalue weighted by Crippen LogP contribution is -2.39. The number of nitrogens with one attached hydrogen (secondary N) is 2. The van der Waals surface area contributed by atoms with E-state index >= 15 is 0 Å². The van der Waals surface area contributed by atoms with Crippen LogP contribution in [0, 0.1) is 13.8 Å². The summed E-state index contributed by atoms with van der Waals surface area (Å²) in [5.74, 6) is -0.238. The maximum absolute atomic E-state index is 12.1. The molecule has 2 N–H and O–H groups in total. The largest absolute Gasteiger partial charge is 0.468 e. The maximum Gasteiger partial charge on any atom is 0.327 e. The molecule has 1 aliphatic rings. The van der Waals surface area contributed by atoms with Gasteiger partial charge in [0.1, 0.15) is 6.04 Å². The minimum atomic E-state index is -0.410. The Kier molecular flexibility index (Phi) is 4.58. The molecule has 0 spiro atoms. The van der Waals surface area contributed by atoms with Crippen molar-refractivity contribution in [2.24, 2.45) is 0 Å². The molecule has 106 valence electrons. The highest BCUT2D eigenvalue weighted by molar-refractivity contribution is 5.78. The zero-order valence-corrected chi connectivity index (χ0v) is 12.0. The third-order valence-electron chi connectivity index (χ3n) is 3.92. The van der Waals surface area contributed by atoms with Crippen molar-refractivity contribution in [2.45, 2.75) is 58.0 Å². The van der Waals surface area contributed by atoms with Gasteiger partial charge in [-0.1, -0.05) is 19.3 Å². The minimum absolute atomic E-state index is 0.238. The number of carbonyl (C=O) groups is 1. The van der Waals surface area contributed by atoms with Crippen LogP contribution in [0.5, 0.6) is 0 Å². The Bertz CT molecular complexity index is 416. The summed E-state index contributed by atoms with van der Waals surface area (Å²) in [6.45, 7) is 3.85. The lowest BCUT2D eigenvalue weighted by atomic mass is 9.93. The molecular weight excluding hydrogens is 242 g/mol. The number of rotatable bonds is 4. The third-order valence-corrected chi connectivity index (χ3v) is 3.92. The Morgan fingerprint density at radius 3 is 2.58 bits per heavy atom. The van der Waals surface area contributed by atoms with Gasteiger partial charge in [-0.3, -0.25) is 10.4 Å². The first-order valence-corrected chi connectivity index (χ1v) is 6.98. The lowest BCUT2D eigenvalue weighted by molar-refractivity contribution is -0.143. The van der Waals surface area contributed by atoms with Crippen molar-refractivity contribution < 1.29 is 9.53 Å². The Morgan fingerprint density at radius 1 is 1.37 bits per heavy atom. The van der Waals surface area contributed by atoms with Crippen LogP contribution in [0.25, 0.3) is 0 Å². The van der Waals surface area contributed by atoms with Crippen molar-refractivity contribution >= 4 is 5.97 Å². The predicted molar refractivity (Wildman–Crippen MR) is 72.8 cm³/mol. The van der Waals surface area contributed by atoms with Crippen molar-refractivity contribution in [3.8, 4) is 0 Å². The molecular formula is C14H23N3O2. The third kappa shape index (κ3) is 3.15. The summed E-state index contributed by atoms with van der Waals surface area (Å²) in [5, 5.41) is 10.6. The van der Waals surface area contributed by atoms with Gasteiger partial charge in [0.25, 0.3) is 0 Å². The van der Waals surface area contributed by atoms with Gasteiger partial charge in [0.2, 0.25) is 0 Å². The van der Waals surface area contributed by atoms with Crippen molar-refractivity contribution in [3.05, 3.63) is 17.0 Å². The van der Waals surface area contributed by atoms with Crippen molar-refractivity contribution in [1.29, 1.82) is 0 Å². The molecule has 0 aromatic carbocycles. The molecule has 5 nitrogen and oxygen atoms in total. The zero-order valence-electron chi connectivity index (χ0n) is 12.0. The van der Waals surface area contributed by atoms with Crippen LogP contribution in [0.15, 0.2) is 0 Å². The average Bonchev–Trinajstić information content (AvgIpc) is 2.76. The van der Waals surface area contributed by atoms with Gasteiger partial charge in [0.05, 0.1) is 12.8 Å². The molecule has 1 aromatic rings. The normalized spacial score (nSPS) is 18.3. The summed E-state index contributed by atoms with van der Waals surface area (Å²) >= 11 is 0. The van der Waals surface area contributed by atoms with E-state index in [0.717, 1.165) is 29.8 Å². The van der Waals surface area contributed by atoms with Crippen LogP contribution in [-0.4, -0.2) is 29.3 Å². The van der Waals surface area contributed by atoms with Crippen molar-refractivity contribution in [2.75, 3.05) is 7.11 Å². The highest BCUT2D eigenvalue weighted by atomic mass is 16.5. The predicted octanol–water partition coefficient (Wildman–Crippen LogP) is 2.16. The number of ether oxygens (including phenoxy) is 1. The van der Waals surface area contributed by atoms with Crippen LogP contribution in [-0.2, 0) is 9.53 Å². The quantitative estimate of drug-likeness (QED) is 0.819. The molecule has 1 saturated carbocycles. The van der Waals surface area contributed by atoms with Crippen LogP contribution in [0.4, 0.5) is 0 Å². The summed E-state index contributed by atoms with van der Waals surface area (Å²) in [4.78, 5) is 12.1. The van der Waals surface area contributed by atoms with Gasteiger partial charge in [-0.25, -0.2) is 4.79 Å². The molecule has 1 unspecified atom stereocenters. The van der Waals surface area contributed by atoms with Crippen molar-refractivity contribution in [1.82, 2.24) is 15.5 Å². The van der Waals surface area contributed by atoms with Crippen LogP contribution >= 0.6 is 0 Å². The lowest BCUT2D eigenvalue weighted by Gasteiger charge is -2.27. The smallest absolute Gasteiger partial charge is 0.327 e. The number of hydrogen-bond acceptors (Lipinski definition) is 4. The van der Waals surface area contributed by atoms with Gasteiger partial charge < -0.3 is 4.74 Å². The second kappa shape index (κ2) is 6.19. The van der Waals surface area contributed by atoms with Gasteiger partial charge in [0, 0.05) is 17.3 Å². The number of aryl methyl sites for hydroxylation is 2. The first kappa shape index (κ1) is 14.1. The minimum Gasteiger partial charge on any atom is -0.468 e. The molecule has 5 heteroatoms. The summed E-state index contributed by atoms with van der Waals surface area (Å²) < 4.78 is 4.94. The molecule has 1 fully saturated rings. The Morgan fingerprint density at radius 2 is 2.05 bits per heavy atom. The number of carbonyl (C=O) groups excluding carboxylic acids is 1. The van der Waals surface area contributed by atoms with Gasteiger partial charge in [-0.15, -0.1) is 0 Å². The summed E-state index contributed by atoms with van der Waals surface area (Å²) in [6, 6.07) is -0.0154. The van der Waals surface area contributed by atoms with E-state index < -0.39 is 6.04 Å². The fraction of sp³-hybridized carbons (Fsp3) is 0.714. The standard InChI is InChI=1S/C14H23N3O2/c1-9-12(10(2)17-16-9)13(14(18)19-3)15-11-7-5-4-6-8-11/h11,13,15H,4-8H2,1-3H3,(H,16,17). The average molecular weight is 265 g/mol. The molecule has 2 rings (SSSR count). The number of esters is 1. The van der Waals surface area contributed by atoms with E-state index in [1.165, 1.54) is 26.4 Å². The monoisotopic (exact) mass is 265 g/mol. The van der Waals surface area contributed by atoms with E-state index in [1.54, 1.807) is 0 Å². The van der Waals surface area contributed by atoms with Crippen LogP contribution in [0.3, 0.4) is 0 Å². The number of nitrogens with zero attached hydrogens (tertiary/aromatic N) is 1. The van der Waals surface area contributed by atoms with E-state index in [1.807, 2.05) is 13.8 Å². The molecule has 0 amide bonds. The number of aromatic nitrogens is 2. The Labute approximate surface area is 114 Å². The summed E-state index contributed by atoms with van der Waals surface area (Å²) in [5.41, 5.74) is 2.71. The molecule has 1 aromatic heterocycles.